The van der Waals surface area contributed by atoms with Gasteiger partial charge in [0, 0.05) is 32.8 Å². The molecular formula is C19H13BrF3N4OP. The summed E-state index contributed by atoms with van der Waals surface area (Å²) in [6.45, 7) is 1.99. The third-order valence-electron chi connectivity index (χ3n) is 4.16. The van der Waals surface area contributed by atoms with Crippen molar-refractivity contribution in [2.45, 2.75) is 6.18 Å². The Hall–Kier alpha value is -2.51. The van der Waals surface area contributed by atoms with Crippen LogP contribution < -0.4 is 4.74 Å². The van der Waals surface area contributed by atoms with Crippen molar-refractivity contribution in [3.63, 3.8) is 0 Å². The summed E-state index contributed by atoms with van der Waals surface area (Å²) in [5, 5.41) is 5.15. The largest absolute Gasteiger partial charge is 0.456 e. The summed E-state index contributed by atoms with van der Waals surface area (Å²) in [4.78, 5) is 8.39. The quantitative estimate of drug-likeness (QED) is 0.329. The fourth-order valence-electron chi connectivity index (χ4n) is 2.80. The van der Waals surface area contributed by atoms with Gasteiger partial charge < -0.3 is 4.74 Å². The zero-order valence-electron chi connectivity index (χ0n) is 14.9. The highest BCUT2D eigenvalue weighted by atomic mass is 79.9. The maximum absolute atomic E-state index is 12.9. The van der Waals surface area contributed by atoms with Crippen LogP contribution in [-0.2, 0) is 6.18 Å². The third-order valence-corrected chi connectivity index (χ3v) is 5.45. The summed E-state index contributed by atoms with van der Waals surface area (Å²) in [5.74, 6) is 1.11. The van der Waals surface area contributed by atoms with Crippen LogP contribution in [0.5, 0.6) is 11.5 Å². The van der Waals surface area contributed by atoms with E-state index in [0.29, 0.717) is 36.0 Å². The summed E-state index contributed by atoms with van der Waals surface area (Å²) in [6, 6.07) is 10.4. The number of ether oxygens (including phenoxy) is 1. The molecular weight excluding hydrogens is 468 g/mol. The van der Waals surface area contributed by atoms with Gasteiger partial charge in [-0.3, -0.25) is 4.98 Å². The number of benzene rings is 1. The highest BCUT2D eigenvalue weighted by Crippen LogP contribution is 2.36. The fourth-order valence-corrected chi connectivity index (χ4v) is 4.06. The molecule has 0 N–H and O–H groups in total. The molecule has 0 aliphatic heterocycles. The van der Waals surface area contributed by atoms with Crippen LogP contribution in [0.3, 0.4) is 0 Å². The molecule has 29 heavy (non-hydrogen) atoms. The molecule has 1 aromatic carbocycles. The van der Waals surface area contributed by atoms with Gasteiger partial charge in [-0.15, -0.1) is 0 Å². The number of alkyl halides is 3. The summed E-state index contributed by atoms with van der Waals surface area (Å²) in [5.41, 5.74) is 0.774. The van der Waals surface area contributed by atoms with Crippen molar-refractivity contribution in [1.82, 2.24) is 19.5 Å². The molecule has 3 heterocycles. The molecule has 3 aromatic heterocycles. The molecule has 5 nitrogen and oxygen atoms in total. The Morgan fingerprint density at radius 1 is 1.03 bits per heavy atom. The molecule has 0 fully saturated rings. The van der Waals surface area contributed by atoms with Crippen LogP contribution in [-0.4, -0.2) is 26.2 Å². The highest BCUT2D eigenvalue weighted by molar-refractivity contribution is 9.10. The summed E-state index contributed by atoms with van der Waals surface area (Å²) in [6.07, 6.45) is -1.62. The average Bonchev–Trinajstić information content (AvgIpc) is 3.05. The smallest absolute Gasteiger partial charge is 0.416 e. The lowest BCUT2D eigenvalue weighted by Gasteiger charge is -2.10. The van der Waals surface area contributed by atoms with Crippen molar-refractivity contribution in [3.05, 3.63) is 65.0 Å². The van der Waals surface area contributed by atoms with Gasteiger partial charge in [-0.05, 0) is 59.0 Å². The molecule has 0 spiro atoms. The number of hydrogen-bond donors (Lipinski definition) is 0. The fraction of sp³-hybridized carbons (Fsp3) is 0.105. The molecule has 0 saturated heterocycles. The van der Waals surface area contributed by atoms with Crippen molar-refractivity contribution in [1.29, 1.82) is 0 Å². The minimum Gasteiger partial charge on any atom is -0.456 e. The van der Waals surface area contributed by atoms with E-state index in [4.69, 9.17) is 4.74 Å². The molecule has 148 valence electrons. The average molecular weight is 481 g/mol. The van der Waals surface area contributed by atoms with Crippen molar-refractivity contribution in [2.75, 3.05) is 6.66 Å². The zero-order valence-corrected chi connectivity index (χ0v) is 17.5. The molecule has 0 saturated carbocycles. The minimum absolute atomic E-state index is 0.241. The lowest BCUT2D eigenvalue weighted by atomic mass is 10.1. The first-order valence-corrected chi connectivity index (χ1v) is 10.6. The first kappa shape index (κ1) is 19.8. The van der Waals surface area contributed by atoms with Crippen LogP contribution in [0, 0.1) is 0 Å². The standard InChI is InChI=1S/C19H13BrF3N4OP/c1-29-27-18-16(17(20)26-27)15(7-9-25-18)28-13-4-2-11(3-5-13)14-10-12(6-8-24-14)19(21,22)23/h2-10,29H,1H3. The number of halogens is 4. The summed E-state index contributed by atoms with van der Waals surface area (Å²) < 4.78 is 47.1. The molecule has 10 heteroatoms. The maximum atomic E-state index is 12.9. The van der Waals surface area contributed by atoms with E-state index in [-0.39, 0.29) is 5.69 Å². The highest BCUT2D eigenvalue weighted by Gasteiger charge is 2.30. The number of hydrogen-bond acceptors (Lipinski definition) is 4. The zero-order chi connectivity index (χ0) is 20.6. The Morgan fingerprint density at radius 2 is 1.76 bits per heavy atom. The molecule has 0 amide bonds. The normalized spacial score (nSPS) is 12.2. The van der Waals surface area contributed by atoms with Crippen LogP contribution in [0.15, 0.2) is 59.5 Å². The van der Waals surface area contributed by atoms with Gasteiger partial charge in [0.15, 0.2) is 5.65 Å². The number of pyridine rings is 2. The van der Waals surface area contributed by atoms with Crippen LogP contribution >= 0.6 is 24.7 Å². The number of rotatable bonds is 4. The SMILES string of the molecule is CPn1nc(Br)c2c(Oc3ccc(-c4cc(C(F)(F)F)ccn4)cc3)ccnc21. The maximum Gasteiger partial charge on any atom is 0.416 e. The first-order chi connectivity index (χ1) is 13.9. The second-order valence-electron chi connectivity index (χ2n) is 5.99. The van der Waals surface area contributed by atoms with E-state index in [2.05, 4.69) is 31.0 Å². The predicted molar refractivity (Wildman–Crippen MR) is 110 cm³/mol. The van der Waals surface area contributed by atoms with Gasteiger partial charge in [0.25, 0.3) is 0 Å². The lowest BCUT2D eigenvalue weighted by molar-refractivity contribution is -0.137. The predicted octanol–water partition coefficient (Wildman–Crippen LogP) is 6.14. The molecule has 4 aromatic rings. The second-order valence-corrected chi connectivity index (χ2v) is 7.61. The lowest BCUT2D eigenvalue weighted by Crippen LogP contribution is -2.05. The number of fused-ring (bicyclic) bond motifs is 1. The van der Waals surface area contributed by atoms with E-state index in [1.165, 1.54) is 0 Å². The van der Waals surface area contributed by atoms with Gasteiger partial charge >= 0.3 is 6.18 Å². The van der Waals surface area contributed by atoms with E-state index in [9.17, 15) is 13.2 Å². The van der Waals surface area contributed by atoms with E-state index in [1.807, 2.05) is 6.66 Å². The molecule has 0 aliphatic rings. The van der Waals surface area contributed by atoms with Crippen LogP contribution in [0.1, 0.15) is 5.56 Å². The van der Waals surface area contributed by atoms with Gasteiger partial charge in [-0.2, -0.15) is 18.3 Å². The van der Waals surface area contributed by atoms with Crippen molar-refractivity contribution < 1.29 is 17.9 Å². The van der Waals surface area contributed by atoms with Gasteiger partial charge in [-0.1, -0.05) is 0 Å². The van der Waals surface area contributed by atoms with Crippen molar-refractivity contribution in [3.8, 4) is 22.8 Å². The van der Waals surface area contributed by atoms with Crippen molar-refractivity contribution in [2.24, 2.45) is 0 Å². The summed E-state index contributed by atoms with van der Waals surface area (Å²) in [7, 11) is 0.416. The first-order valence-electron chi connectivity index (χ1n) is 8.39. The van der Waals surface area contributed by atoms with E-state index >= 15 is 0 Å². The van der Waals surface area contributed by atoms with E-state index in [1.54, 1.807) is 41.0 Å². The van der Waals surface area contributed by atoms with Crippen LogP contribution in [0.25, 0.3) is 22.3 Å². The van der Waals surface area contributed by atoms with E-state index in [0.717, 1.165) is 23.7 Å². The number of aromatic nitrogens is 4. The van der Waals surface area contributed by atoms with Gasteiger partial charge in [0.05, 0.1) is 16.6 Å². The van der Waals surface area contributed by atoms with Crippen LogP contribution in [0.4, 0.5) is 13.2 Å². The Morgan fingerprint density at radius 3 is 2.45 bits per heavy atom. The Bertz CT molecular complexity index is 1180. The molecule has 0 radical (unpaired) electrons. The molecule has 0 aliphatic carbocycles. The molecule has 1 atom stereocenters. The molecule has 0 bridgehead atoms. The molecule has 1 unspecified atom stereocenters. The van der Waals surface area contributed by atoms with Gasteiger partial charge in [0.1, 0.15) is 16.1 Å². The van der Waals surface area contributed by atoms with Crippen LogP contribution in [0.2, 0.25) is 0 Å². The number of nitrogens with zero attached hydrogens (tertiary/aromatic N) is 4. The van der Waals surface area contributed by atoms with Crippen molar-refractivity contribution >= 4 is 35.7 Å². The Balaban J connectivity index is 1.63. The minimum atomic E-state index is -4.41. The monoisotopic (exact) mass is 480 g/mol. The van der Waals surface area contributed by atoms with Gasteiger partial charge in [-0.25, -0.2) is 9.44 Å². The second kappa shape index (κ2) is 7.72. The Labute approximate surface area is 173 Å². The topological polar surface area (TPSA) is 52.8 Å². The molecule has 4 rings (SSSR count). The Kier molecular flexibility index (Phi) is 5.27. The summed E-state index contributed by atoms with van der Waals surface area (Å²) >= 11 is 3.44. The van der Waals surface area contributed by atoms with Gasteiger partial charge in [0.2, 0.25) is 0 Å². The van der Waals surface area contributed by atoms with E-state index < -0.39 is 11.7 Å². The third kappa shape index (κ3) is 3.97.